The molecule has 0 unspecified atom stereocenters. The zero-order chi connectivity index (χ0) is 10.6. The van der Waals surface area contributed by atoms with Crippen LogP contribution in [0.3, 0.4) is 0 Å². The molecular weight excluding hydrogens is 174 g/mol. The fourth-order valence-corrected chi connectivity index (χ4v) is 1.44. The first-order valence-corrected chi connectivity index (χ1v) is 4.61. The first kappa shape index (κ1) is 10.5. The molecule has 0 N–H and O–H groups in total. The van der Waals surface area contributed by atoms with E-state index in [1.165, 1.54) is 0 Å². The Balaban J connectivity index is 3.02. The van der Waals surface area contributed by atoms with Crippen LogP contribution in [-0.2, 0) is 4.79 Å². The standard InChI is InChI=1S/C12H15NO/c1-4-6-8-11-10(7-5-2)9-13(3)12(11)14/h4-8H,1,9H2,2-3H3/b7-5-,8-6-. The highest BCUT2D eigenvalue weighted by atomic mass is 16.2. The number of hydrogen-bond donors (Lipinski definition) is 0. The van der Waals surface area contributed by atoms with Crippen LogP contribution < -0.4 is 0 Å². The second kappa shape index (κ2) is 4.61. The Kier molecular flexibility index (Phi) is 3.46. The van der Waals surface area contributed by atoms with Crippen LogP contribution in [0.5, 0.6) is 0 Å². The molecule has 0 fully saturated rings. The monoisotopic (exact) mass is 189 g/mol. The van der Waals surface area contributed by atoms with Crippen LogP contribution in [-0.4, -0.2) is 24.4 Å². The molecule has 14 heavy (non-hydrogen) atoms. The maximum absolute atomic E-state index is 11.6. The normalized spacial score (nSPS) is 17.9. The molecule has 0 spiro atoms. The topological polar surface area (TPSA) is 20.3 Å². The van der Waals surface area contributed by atoms with E-state index < -0.39 is 0 Å². The van der Waals surface area contributed by atoms with Crippen molar-refractivity contribution in [2.45, 2.75) is 6.92 Å². The molecule has 0 saturated heterocycles. The Morgan fingerprint density at radius 2 is 2.14 bits per heavy atom. The van der Waals surface area contributed by atoms with Gasteiger partial charge in [-0.25, -0.2) is 0 Å². The number of allylic oxidation sites excluding steroid dienone is 3. The van der Waals surface area contributed by atoms with E-state index in [0.717, 1.165) is 11.1 Å². The Hall–Kier alpha value is -1.57. The number of carbonyl (C=O) groups excluding carboxylic acids is 1. The van der Waals surface area contributed by atoms with Gasteiger partial charge in [0.2, 0.25) is 0 Å². The number of amides is 1. The molecule has 0 atom stereocenters. The van der Waals surface area contributed by atoms with Crippen LogP contribution in [0.4, 0.5) is 0 Å². The third-order valence-electron chi connectivity index (χ3n) is 2.10. The molecule has 0 radical (unpaired) electrons. The van der Waals surface area contributed by atoms with Crippen LogP contribution in [0.15, 0.2) is 48.1 Å². The number of likely N-dealkylation sites (N-methyl/N-ethyl adjacent to an activating group) is 1. The summed E-state index contributed by atoms with van der Waals surface area (Å²) in [4.78, 5) is 13.4. The van der Waals surface area contributed by atoms with Gasteiger partial charge in [0.25, 0.3) is 5.91 Å². The predicted octanol–water partition coefficient (Wildman–Crippen LogP) is 2.07. The van der Waals surface area contributed by atoms with Crippen LogP contribution in [0.25, 0.3) is 0 Å². The fraction of sp³-hybridized carbons (Fsp3) is 0.250. The van der Waals surface area contributed by atoms with Crippen molar-refractivity contribution in [1.29, 1.82) is 0 Å². The predicted molar refractivity (Wildman–Crippen MR) is 58.8 cm³/mol. The van der Waals surface area contributed by atoms with Gasteiger partial charge in [0.1, 0.15) is 0 Å². The van der Waals surface area contributed by atoms with E-state index in [0.29, 0.717) is 6.54 Å². The van der Waals surface area contributed by atoms with Gasteiger partial charge in [0.05, 0.1) is 0 Å². The van der Waals surface area contributed by atoms with Crippen molar-refractivity contribution >= 4 is 5.91 Å². The fourth-order valence-electron chi connectivity index (χ4n) is 1.44. The van der Waals surface area contributed by atoms with Crippen molar-refractivity contribution in [3.63, 3.8) is 0 Å². The van der Waals surface area contributed by atoms with Gasteiger partial charge >= 0.3 is 0 Å². The summed E-state index contributed by atoms with van der Waals surface area (Å²) in [5.74, 6) is 0.0798. The van der Waals surface area contributed by atoms with Crippen molar-refractivity contribution in [1.82, 2.24) is 4.90 Å². The molecule has 1 rings (SSSR count). The van der Waals surface area contributed by atoms with E-state index in [-0.39, 0.29) is 5.91 Å². The molecule has 0 aromatic rings. The molecule has 1 amide bonds. The highest BCUT2D eigenvalue weighted by molar-refractivity contribution is 6.00. The quantitative estimate of drug-likeness (QED) is 0.622. The molecule has 0 aliphatic carbocycles. The van der Waals surface area contributed by atoms with Crippen molar-refractivity contribution in [2.24, 2.45) is 0 Å². The summed E-state index contributed by atoms with van der Waals surface area (Å²) in [6.45, 7) is 6.23. The second-order valence-electron chi connectivity index (χ2n) is 3.19. The summed E-state index contributed by atoms with van der Waals surface area (Å²) in [6, 6.07) is 0. The molecular formula is C12H15NO. The molecule has 0 bridgehead atoms. The van der Waals surface area contributed by atoms with Gasteiger partial charge < -0.3 is 4.90 Å². The highest BCUT2D eigenvalue weighted by Gasteiger charge is 2.23. The molecule has 0 aromatic carbocycles. The van der Waals surface area contributed by atoms with Crippen LogP contribution in [0.1, 0.15) is 6.92 Å². The average Bonchev–Trinajstić information content (AvgIpc) is 2.42. The third kappa shape index (κ3) is 2.02. The first-order valence-electron chi connectivity index (χ1n) is 4.61. The van der Waals surface area contributed by atoms with Gasteiger partial charge in [-0.05, 0) is 18.6 Å². The van der Waals surface area contributed by atoms with Gasteiger partial charge in [-0.2, -0.15) is 0 Å². The van der Waals surface area contributed by atoms with Gasteiger partial charge in [-0.1, -0.05) is 30.9 Å². The molecule has 2 nitrogen and oxygen atoms in total. The van der Waals surface area contributed by atoms with E-state index in [4.69, 9.17) is 0 Å². The van der Waals surface area contributed by atoms with E-state index in [1.54, 1.807) is 24.1 Å². The Morgan fingerprint density at radius 1 is 1.43 bits per heavy atom. The van der Waals surface area contributed by atoms with Crippen molar-refractivity contribution in [2.75, 3.05) is 13.6 Å². The second-order valence-corrected chi connectivity index (χ2v) is 3.19. The summed E-state index contributed by atoms with van der Waals surface area (Å²) in [7, 11) is 1.81. The van der Waals surface area contributed by atoms with Crippen LogP contribution in [0.2, 0.25) is 0 Å². The van der Waals surface area contributed by atoms with Crippen LogP contribution >= 0.6 is 0 Å². The number of rotatable bonds is 3. The zero-order valence-electron chi connectivity index (χ0n) is 8.66. The van der Waals surface area contributed by atoms with E-state index in [2.05, 4.69) is 6.58 Å². The SMILES string of the molecule is C=C/C=C\C1=C(/C=C\C)CN(C)C1=O. The number of nitrogens with zero attached hydrogens (tertiary/aromatic N) is 1. The minimum absolute atomic E-state index is 0.0798. The lowest BCUT2D eigenvalue weighted by Crippen LogP contribution is -2.21. The minimum atomic E-state index is 0.0798. The van der Waals surface area contributed by atoms with E-state index in [9.17, 15) is 4.79 Å². The molecule has 2 heteroatoms. The van der Waals surface area contributed by atoms with E-state index in [1.807, 2.05) is 25.2 Å². The maximum atomic E-state index is 11.6. The molecule has 1 aliphatic rings. The van der Waals surface area contributed by atoms with Gasteiger partial charge in [-0.3, -0.25) is 4.79 Å². The van der Waals surface area contributed by atoms with E-state index >= 15 is 0 Å². The zero-order valence-corrected chi connectivity index (χ0v) is 8.66. The van der Waals surface area contributed by atoms with Crippen molar-refractivity contribution in [3.8, 4) is 0 Å². The summed E-state index contributed by atoms with van der Waals surface area (Å²) < 4.78 is 0. The van der Waals surface area contributed by atoms with Crippen molar-refractivity contribution < 1.29 is 4.79 Å². The number of hydrogen-bond acceptors (Lipinski definition) is 1. The Morgan fingerprint density at radius 3 is 2.71 bits per heavy atom. The summed E-state index contributed by atoms with van der Waals surface area (Å²) >= 11 is 0. The van der Waals surface area contributed by atoms with Crippen LogP contribution in [0, 0.1) is 0 Å². The molecule has 1 aliphatic heterocycles. The smallest absolute Gasteiger partial charge is 0.254 e. The van der Waals surface area contributed by atoms with Crippen molar-refractivity contribution in [3.05, 3.63) is 48.1 Å². The van der Waals surface area contributed by atoms with Gasteiger partial charge in [0.15, 0.2) is 0 Å². The highest BCUT2D eigenvalue weighted by Crippen LogP contribution is 2.19. The largest absolute Gasteiger partial charge is 0.337 e. The third-order valence-corrected chi connectivity index (χ3v) is 2.10. The summed E-state index contributed by atoms with van der Waals surface area (Å²) in [5, 5.41) is 0. The van der Waals surface area contributed by atoms with Gasteiger partial charge in [0, 0.05) is 19.2 Å². The lowest BCUT2D eigenvalue weighted by molar-refractivity contribution is -0.124. The minimum Gasteiger partial charge on any atom is -0.337 e. The molecule has 74 valence electrons. The lowest BCUT2D eigenvalue weighted by Gasteiger charge is -2.06. The summed E-state index contributed by atoms with van der Waals surface area (Å²) in [5.41, 5.74) is 1.84. The maximum Gasteiger partial charge on any atom is 0.254 e. The summed E-state index contributed by atoms with van der Waals surface area (Å²) in [6.07, 6.45) is 9.20. The molecule has 0 saturated carbocycles. The lowest BCUT2D eigenvalue weighted by atomic mass is 10.1. The molecule has 1 heterocycles. The number of carbonyl (C=O) groups is 1. The first-order chi connectivity index (χ1) is 6.70. The van der Waals surface area contributed by atoms with Gasteiger partial charge in [-0.15, -0.1) is 0 Å². The Bertz CT molecular complexity index is 334. The molecule has 0 aromatic heterocycles. The Labute approximate surface area is 84.9 Å². The average molecular weight is 189 g/mol.